The van der Waals surface area contributed by atoms with Gasteiger partial charge < -0.3 is 10.4 Å². The van der Waals surface area contributed by atoms with E-state index in [1.54, 1.807) is 0 Å². The predicted molar refractivity (Wildman–Crippen MR) is 70.7 cm³/mol. The van der Waals surface area contributed by atoms with Gasteiger partial charge in [0.25, 0.3) is 0 Å². The zero-order valence-electron chi connectivity index (χ0n) is 9.64. The zero-order valence-corrected chi connectivity index (χ0v) is 10.4. The Labute approximate surface area is 109 Å². The molecule has 2 N–H and O–H groups in total. The largest absolute Gasteiger partial charge is 0.478 e. The van der Waals surface area contributed by atoms with Crippen molar-refractivity contribution in [2.24, 2.45) is 0 Å². The molecule has 0 bridgehead atoms. The first-order valence-electron chi connectivity index (χ1n) is 5.29. The molecule has 0 atom stereocenters. The van der Waals surface area contributed by atoms with Crippen molar-refractivity contribution in [1.29, 1.82) is 0 Å². The number of benzene rings is 1. The second kappa shape index (κ2) is 5.06. The summed E-state index contributed by atoms with van der Waals surface area (Å²) in [6, 6.07) is 9.10. The highest BCUT2D eigenvalue weighted by Crippen LogP contribution is 2.24. The van der Waals surface area contributed by atoms with E-state index in [0.717, 1.165) is 11.3 Å². The second-order valence-corrected chi connectivity index (χ2v) is 4.26. The maximum Gasteiger partial charge on any atom is 0.337 e. The van der Waals surface area contributed by atoms with Crippen LogP contribution in [-0.2, 0) is 0 Å². The number of aromatic nitrogens is 1. The summed E-state index contributed by atoms with van der Waals surface area (Å²) in [5.74, 6) is -0.612. The maximum atomic E-state index is 10.7. The molecule has 0 fully saturated rings. The van der Waals surface area contributed by atoms with E-state index in [0.29, 0.717) is 5.82 Å². The quantitative estimate of drug-likeness (QED) is 0.889. The van der Waals surface area contributed by atoms with E-state index in [1.807, 2.05) is 31.2 Å². The summed E-state index contributed by atoms with van der Waals surface area (Å²) in [6.45, 7) is 1.98. The highest BCUT2D eigenvalue weighted by Gasteiger charge is 2.08. The first-order chi connectivity index (χ1) is 8.56. The van der Waals surface area contributed by atoms with Gasteiger partial charge >= 0.3 is 5.97 Å². The molecule has 0 saturated carbocycles. The van der Waals surface area contributed by atoms with Crippen molar-refractivity contribution in [3.63, 3.8) is 0 Å². The fraction of sp³-hybridized carbons (Fsp3) is 0.0769. The number of halogens is 1. The maximum absolute atomic E-state index is 10.7. The minimum atomic E-state index is -1.05. The molecule has 0 aliphatic heterocycles. The molecule has 0 aliphatic carbocycles. The van der Waals surface area contributed by atoms with E-state index in [2.05, 4.69) is 10.3 Å². The molecule has 0 radical (unpaired) electrons. The van der Waals surface area contributed by atoms with Gasteiger partial charge in [0.2, 0.25) is 0 Å². The molecule has 0 unspecified atom stereocenters. The summed E-state index contributed by atoms with van der Waals surface area (Å²) < 4.78 is 0. The number of nitrogens with one attached hydrogen (secondary N) is 1. The van der Waals surface area contributed by atoms with Gasteiger partial charge in [-0.05, 0) is 30.7 Å². The number of carboxylic acid groups (broad SMARTS) is 1. The van der Waals surface area contributed by atoms with Crippen LogP contribution in [0.4, 0.5) is 11.5 Å². The summed E-state index contributed by atoms with van der Waals surface area (Å²) in [6.07, 6.45) is 1.27. The van der Waals surface area contributed by atoms with Crippen molar-refractivity contribution in [3.8, 4) is 0 Å². The van der Waals surface area contributed by atoms with Crippen LogP contribution in [0.5, 0.6) is 0 Å². The molecule has 0 aliphatic rings. The van der Waals surface area contributed by atoms with Crippen LogP contribution in [0, 0.1) is 6.92 Å². The molecule has 0 amide bonds. The average molecular weight is 263 g/mol. The molecule has 1 aromatic heterocycles. The lowest BCUT2D eigenvalue weighted by Gasteiger charge is -2.08. The van der Waals surface area contributed by atoms with Crippen molar-refractivity contribution in [2.45, 2.75) is 6.92 Å². The number of carbonyl (C=O) groups is 1. The van der Waals surface area contributed by atoms with Crippen LogP contribution in [0.2, 0.25) is 5.02 Å². The van der Waals surface area contributed by atoms with Crippen LogP contribution in [0.25, 0.3) is 0 Å². The molecular weight excluding hydrogens is 252 g/mol. The van der Waals surface area contributed by atoms with E-state index in [1.165, 1.54) is 12.3 Å². The van der Waals surface area contributed by atoms with Gasteiger partial charge in [0, 0.05) is 11.9 Å². The lowest BCUT2D eigenvalue weighted by Crippen LogP contribution is -2.00. The van der Waals surface area contributed by atoms with Gasteiger partial charge in [0.1, 0.15) is 5.82 Å². The first-order valence-corrected chi connectivity index (χ1v) is 5.66. The van der Waals surface area contributed by atoms with Crippen molar-refractivity contribution in [2.75, 3.05) is 5.32 Å². The molecule has 2 aromatic rings. The molecule has 18 heavy (non-hydrogen) atoms. The fourth-order valence-corrected chi connectivity index (χ4v) is 1.72. The van der Waals surface area contributed by atoms with Crippen LogP contribution in [0.1, 0.15) is 15.9 Å². The number of pyridine rings is 1. The van der Waals surface area contributed by atoms with Gasteiger partial charge in [-0.2, -0.15) is 0 Å². The van der Waals surface area contributed by atoms with E-state index in [4.69, 9.17) is 16.7 Å². The Balaban J connectivity index is 2.27. The van der Waals surface area contributed by atoms with Gasteiger partial charge in [0.15, 0.2) is 0 Å². The van der Waals surface area contributed by atoms with Gasteiger partial charge in [-0.3, -0.25) is 0 Å². The molecule has 1 heterocycles. The van der Waals surface area contributed by atoms with Gasteiger partial charge in [0.05, 0.1) is 10.6 Å². The standard InChI is InChI=1S/C13H11ClN2O2/c1-8-3-2-4-10(5-8)16-12-11(14)6-9(7-15-12)13(17)18/h2-7H,1H3,(H,15,16)(H,17,18). The fourth-order valence-electron chi connectivity index (χ4n) is 1.51. The van der Waals surface area contributed by atoms with E-state index in [-0.39, 0.29) is 10.6 Å². The van der Waals surface area contributed by atoms with E-state index >= 15 is 0 Å². The normalized spacial score (nSPS) is 10.1. The summed E-state index contributed by atoms with van der Waals surface area (Å²) in [7, 11) is 0. The monoisotopic (exact) mass is 262 g/mol. The number of aryl methyl sites for hydroxylation is 1. The number of carboxylic acids is 1. The third-order valence-electron chi connectivity index (χ3n) is 2.37. The molecule has 0 spiro atoms. The summed E-state index contributed by atoms with van der Waals surface area (Å²) in [4.78, 5) is 14.7. The predicted octanol–water partition coefficient (Wildman–Crippen LogP) is 3.49. The van der Waals surface area contributed by atoms with Crippen LogP contribution in [0.15, 0.2) is 36.5 Å². The topological polar surface area (TPSA) is 62.2 Å². The number of hydrogen-bond donors (Lipinski definition) is 2. The average Bonchev–Trinajstić information content (AvgIpc) is 2.31. The Hall–Kier alpha value is -2.07. The molecule has 2 rings (SSSR count). The molecule has 92 valence electrons. The SMILES string of the molecule is Cc1cccc(Nc2ncc(C(=O)O)cc2Cl)c1. The Morgan fingerprint density at radius 3 is 2.78 bits per heavy atom. The lowest BCUT2D eigenvalue weighted by atomic mass is 10.2. The molecule has 5 heteroatoms. The minimum Gasteiger partial charge on any atom is -0.478 e. The number of rotatable bonds is 3. The lowest BCUT2D eigenvalue weighted by molar-refractivity contribution is 0.0696. The number of hydrogen-bond acceptors (Lipinski definition) is 3. The third-order valence-corrected chi connectivity index (χ3v) is 2.66. The molecular formula is C13H11ClN2O2. The Kier molecular flexibility index (Phi) is 3.48. The zero-order chi connectivity index (χ0) is 13.1. The van der Waals surface area contributed by atoms with E-state index in [9.17, 15) is 4.79 Å². The molecule has 0 saturated heterocycles. The van der Waals surface area contributed by atoms with Gasteiger partial charge in [-0.15, -0.1) is 0 Å². The number of nitrogens with zero attached hydrogens (tertiary/aromatic N) is 1. The number of aromatic carboxylic acids is 1. The van der Waals surface area contributed by atoms with Crippen LogP contribution < -0.4 is 5.32 Å². The number of anilines is 2. The van der Waals surface area contributed by atoms with E-state index < -0.39 is 5.97 Å². The van der Waals surface area contributed by atoms with Crippen molar-refractivity contribution < 1.29 is 9.90 Å². The highest BCUT2D eigenvalue weighted by molar-refractivity contribution is 6.33. The Morgan fingerprint density at radius 2 is 2.17 bits per heavy atom. The Morgan fingerprint density at radius 1 is 1.39 bits per heavy atom. The van der Waals surface area contributed by atoms with Crippen LogP contribution >= 0.6 is 11.6 Å². The summed E-state index contributed by atoms with van der Waals surface area (Å²) in [5.41, 5.74) is 2.03. The van der Waals surface area contributed by atoms with Crippen molar-refractivity contribution in [3.05, 3.63) is 52.7 Å². The van der Waals surface area contributed by atoms with Crippen LogP contribution in [-0.4, -0.2) is 16.1 Å². The smallest absolute Gasteiger partial charge is 0.337 e. The first kappa shape index (κ1) is 12.4. The minimum absolute atomic E-state index is 0.0646. The molecule has 1 aromatic carbocycles. The molecule has 4 nitrogen and oxygen atoms in total. The summed E-state index contributed by atoms with van der Waals surface area (Å²) in [5, 5.41) is 12.1. The highest BCUT2D eigenvalue weighted by atomic mass is 35.5. The van der Waals surface area contributed by atoms with Crippen LogP contribution in [0.3, 0.4) is 0 Å². The third kappa shape index (κ3) is 2.78. The van der Waals surface area contributed by atoms with Gasteiger partial charge in [-0.25, -0.2) is 9.78 Å². The Bertz CT molecular complexity index is 599. The summed E-state index contributed by atoms with van der Waals surface area (Å²) >= 11 is 5.97. The van der Waals surface area contributed by atoms with Crippen molar-refractivity contribution >= 4 is 29.1 Å². The van der Waals surface area contributed by atoms with Gasteiger partial charge in [-0.1, -0.05) is 23.7 Å². The second-order valence-electron chi connectivity index (χ2n) is 3.85. The van der Waals surface area contributed by atoms with Crippen molar-refractivity contribution in [1.82, 2.24) is 4.98 Å².